The minimum atomic E-state index is 0.544. The number of nitrogens with one attached hydrogen (secondary N) is 1. The number of rotatable bonds is 3. The van der Waals surface area contributed by atoms with E-state index in [2.05, 4.69) is 28.3 Å². The fraction of sp³-hybridized carbons (Fsp3) is 0.600. The Labute approximate surface area is 115 Å². The summed E-state index contributed by atoms with van der Waals surface area (Å²) in [5.41, 5.74) is 2.62. The van der Waals surface area contributed by atoms with E-state index >= 15 is 0 Å². The Balaban J connectivity index is 2.09. The van der Waals surface area contributed by atoms with Crippen LogP contribution in [0.25, 0.3) is 0 Å². The Kier molecular flexibility index (Phi) is 4.39. The monoisotopic (exact) mass is 258 g/mol. The van der Waals surface area contributed by atoms with Crippen molar-refractivity contribution in [3.8, 4) is 6.07 Å². The molecule has 1 N–H and O–H groups in total. The first kappa shape index (κ1) is 13.8. The van der Waals surface area contributed by atoms with Gasteiger partial charge in [0.2, 0.25) is 0 Å². The van der Waals surface area contributed by atoms with E-state index in [-0.39, 0.29) is 0 Å². The number of likely N-dealkylation sites (tertiary alicyclic amines) is 1. The number of nitriles is 1. The fourth-order valence-corrected chi connectivity index (χ4v) is 2.72. The molecule has 0 bridgehead atoms. The second-order valence-corrected chi connectivity index (χ2v) is 5.43. The molecule has 1 fully saturated rings. The van der Waals surface area contributed by atoms with Gasteiger partial charge in [-0.3, -0.25) is 0 Å². The SMILES string of the molecule is Cc1cc(C)c(C#N)c(NCC2CCCCN2C)n1. The molecule has 1 aromatic rings. The highest BCUT2D eigenvalue weighted by molar-refractivity contribution is 5.56. The van der Waals surface area contributed by atoms with Crippen LogP contribution in [0.15, 0.2) is 6.07 Å². The maximum absolute atomic E-state index is 9.24. The van der Waals surface area contributed by atoms with Crippen LogP contribution in [-0.2, 0) is 0 Å². The van der Waals surface area contributed by atoms with E-state index in [9.17, 15) is 5.26 Å². The van der Waals surface area contributed by atoms with Gasteiger partial charge in [0.1, 0.15) is 11.9 Å². The molecule has 1 aromatic heterocycles. The van der Waals surface area contributed by atoms with Crippen LogP contribution in [-0.4, -0.2) is 36.1 Å². The number of pyridine rings is 1. The Hall–Kier alpha value is -1.60. The normalized spacial score (nSPS) is 20.0. The third kappa shape index (κ3) is 3.24. The molecule has 1 aliphatic rings. The number of piperidine rings is 1. The highest BCUT2D eigenvalue weighted by atomic mass is 15.2. The van der Waals surface area contributed by atoms with Gasteiger partial charge in [-0.1, -0.05) is 6.42 Å². The van der Waals surface area contributed by atoms with Crippen molar-refractivity contribution in [3.05, 3.63) is 22.9 Å². The molecule has 0 amide bonds. The quantitative estimate of drug-likeness (QED) is 0.905. The summed E-state index contributed by atoms with van der Waals surface area (Å²) in [4.78, 5) is 6.86. The zero-order valence-electron chi connectivity index (χ0n) is 12.0. The molecular formula is C15H22N4. The lowest BCUT2D eigenvalue weighted by Crippen LogP contribution is -2.41. The highest BCUT2D eigenvalue weighted by Gasteiger charge is 2.19. The molecule has 0 aliphatic carbocycles. The van der Waals surface area contributed by atoms with Gasteiger partial charge in [-0.15, -0.1) is 0 Å². The third-order valence-electron chi connectivity index (χ3n) is 3.88. The standard InChI is InChI=1S/C15H22N4/c1-11-8-12(2)18-15(14(11)9-16)17-10-13-6-4-5-7-19(13)3/h8,13H,4-7,10H2,1-3H3,(H,17,18). The van der Waals surface area contributed by atoms with E-state index in [0.29, 0.717) is 11.6 Å². The van der Waals surface area contributed by atoms with E-state index < -0.39 is 0 Å². The molecule has 0 spiro atoms. The first-order chi connectivity index (χ1) is 9.11. The average Bonchev–Trinajstić information content (AvgIpc) is 2.37. The van der Waals surface area contributed by atoms with Gasteiger partial charge in [0.25, 0.3) is 0 Å². The Morgan fingerprint density at radius 1 is 1.47 bits per heavy atom. The molecule has 1 unspecified atom stereocenters. The lowest BCUT2D eigenvalue weighted by molar-refractivity contribution is 0.194. The first-order valence-corrected chi connectivity index (χ1v) is 6.94. The van der Waals surface area contributed by atoms with Gasteiger partial charge in [-0.25, -0.2) is 4.98 Å². The average molecular weight is 258 g/mol. The van der Waals surface area contributed by atoms with Crippen molar-refractivity contribution in [1.82, 2.24) is 9.88 Å². The van der Waals surface area contributed by atoms with Crippen molar-refractivity contribution >= 4 is 5.82 Å². The number of likely N-dealkylation sites (N-methyl/N-ethyl adjacent to an activating group) is 1. The number of nitrogens with zero attached hydrogens (tertiary/aromatic N) is 3. The Morgan fingerprint density at radius 3 is 2.95 bits per heavy atom. The van der Waals surface area contributed by atoms with Gasteiger partial charge >= 0.3 is 0 Å². The van der Waals surface area contributed by atoms with E-state index in [1.807, 2.05) is 19.9 Å². The second-order valence-electron chi connectivity index (χ2n) is 5.43. The maximum Gasteiger partial charge on any atom is 0.144 e. The number of anilines is 1. The van der Waals surface area contributed by atoms with Crippen molar-refractivity contribution < 1.29 is 0 Å². The molecule has 2 rings (SSSR count). The van der Waals surface area contributed by atoms with Gasteiger partial charge in [0, 0.05) is 18.3 Å². The zero-order chi connectivity index (χ0) is 13.8. The second kappa shape index (κ2) is 6.03. The lowest BCUT2D eigenvalue weighted by Gasteiger charge is -2.32. The van der Waals surface area contributed by atoms with E-state index in [0.717, 1.165) is 30.2 Å². The van der Waals surface area contributed by atoms with Crippen LogP contribution in [0.5, 0.6) is 0 Å². The molecule has 0 aromatic carbocycles. The van der Waals surface area contributed by atoms with Crippen LogP contribution in [0, 0.1) is 25.2 Å². The topological polar surface area (TPSA) is 52.0 Å². The van der Waals surface area contributed by atoms with Gasteiger partial charge in [0.15, 0.2) is 0 Å². The largest absolute Gasteiger partial charge is 0.367 e. The molecule has 4 nitrogen and oxygen atoms in total. The number of aromatic nitrogens is 1. The van der Waals surface area contributed by atoms with Crippen molar-refractivity contribution in [2.75, 3.05) is 25.5 Å². The minimum absolute atomic E-state index is 0.544. The molecular weight excluding hydrogens is 236 g/mol. The Bertz CT molecular complexity index is 490. The van der Waals surface area contributed by atoms with Crippen LogP contribution >= 0.6 is 0 Å². The smallest absolute Gasteiger partial charge is 0.144 e. The van der Waals surface area contributed by atoms with Crippen molar-refractivity contribution in [2.24, 2.45) is 0 Å². The summed E-state index contributed by atoms with van der Waals surface area (Å²) < 4.78 is 0. The Morgan fingerprint density at radius 2 is 2.26 bits per heavy atom. The first-order valence-electron chi connectivity index (χ1n) is 6.94. The molecule has 4 heteroatoms. The summed E-state index contributed by atoms with van der Waals surface area (Å²) >= 11 is 0. The molecule has 102 valence electrons. The fourth-order valence-electron chi connectivity index (χ4n) is 2.72. The molecule has 1 aliphatic heterocycles. The van der Waals surface area contributed by atoms with Crippen LogP contribution in [0.4, 0.5) is 5.82 Å². The van der Waals surface area contributed by atoms with Gasteiger partial charge in [0.05, 0.1) is 5.56 Å². The summed E-state index contributed by atoms with van der Waals surface area (Å²) in [5.74, 6) is 0.735. The van der Waals surface area contributed by atoms with Crippen LogP contribution < -0.4 is 5.32 Å². The van der Waals surface area contributed by atoms with E-state index in [4.69, 9.17) is 0 Å². The van der Waals surface area contributed by atoms with Gasteiger partial charge < -0.3 is 10.2 Å². The summed E-state index contributed by atoms with van der Waals surface area (Å²) in [5, 5.41) is 12.6. The zero-order valence-corrected chi connectivity index (χ0v) is 12.0. The minimum Gasteiger partial charge on any atom is -0.367 e. The predicted octanol–water partition coefficient (Wildman–Crippen LogP) is 2.47. The number of hydrogen-bond donors (Lipinski definition) is 1. The number of hydrogen-bond acceptors (Lipinski definition) is 4. The summed E-state index contributed by atoms with van der Waals surface area (Å²) in [7, 11) is 2.17. The maximum atomic E-state index is 9.24. The van der Waals surface area contributed by atoms with Crippen molar-refractivity contribution in [2.45, 2.75) is 39.2 Å². The molecule has 0 radical (unpaired) electrons. The lowest BCUT2D eigenvalue weighted by atomic mass is 10.0. The van der Waals surface area contributed by atoms with Gasteiger partial charge in [-0.05, 0) is 51.9 Å². The van der Waals surface area contributed by atoms with Crippen LogP contribution in [0.2, 0.25) is 0 Å². The third-order valence-corrected chi connectivity index (χ3v) is 3.88. The molecule has 1 saturated heterocycles. The van der Waals surface area contributed by atoms with E-state index in [1.54, 1.807) is 0 Å². The molecule has 0 saturated carbocycles. The summed E-state index contributed by atoms with van der Waals surface area (Å²) in [6.45, 7) is 5.95. The highest BCUT2D eigenvalue weighted by Crippen LogP contribution is 2.19. The summed E-state index contributed by atoms with van der Waals surface area (Å²) in [6, 6.07) is 4.75. The summed E-state index contributed by atoms with van der Waals surface area (Å²) in [6.07, 6.45) is 3.80. The molecule has 1 atom stereocenters. The predicted molar refractivity (Wildman–Crippen MR) is 77.2 cm³/mol. The van der Waals surface area contributed by atoms with Crippen molar-refractivity contribution in [3.63, 3.8) is 0 Å². The van der Waals surface area contributed by atoms with E-state index in [1.165, 1.54) is 19.3 Å². The molecule has 19 heavy (non-hydrogen) atoms. The molecule has 2 heterocycles. The van der Waals surface area contributed by atoms with Gasteiger partial charge in [-0.2, -0.15) is 5.26 Å². The number of aryl methyl sites for hydroxylation is 2. The van der Waals surface area contributed by atoms with Crippen molar-refractivity contribution in [1.29, 1.82) is 5.26 Å². The van der Waals surface area contributed by atoms with Crippen LogP contribution in [0.3, 0.4) is 0 Å². The van der Waals surface area contributed by atoms with Crippen LogP contribution in [0.1, 0.15) is 36.1 Å².